The van der Waals surface area contributed by atoms with Crippen molar-refractivity contribution in [3.8, 4) is 11.1 Å². The Labute approximate surface area is 183 Å². The molecule has 9 nitrogen and oxygen atoms in total. The standard InChI is InChI=1S/C23H21N5O4/c29-20(23(31)32)12-18(25-22(30)17-11-19-21(24-13-17)27-28-26-19)10-14-6-8-16(9-7-14)15-4-2-1-3-5-15/h1-9,11,13,18,20,29H,10,12H2,(H,25,30)(H,31,32)(H,24,26,27,28)/t18-,20+/m1/s1. The van der Waals surface area contributed by atoms with E-state index >= 15 is 0 Å². The average Bonchev–Trinajstić information content (AvgIpc) is 3.28. The minimum absolute atomic E-state index is 0.138. The van der Waals surface area contributed by atoms with Crippen LogP contribution >= 0.6 is 0 Å². The highest BCUT2D eigenvalue weighted by molar-refractivity contribution is 5.96. The molecule has 162 valence electrons. The van der Waals surface area contributed by atoms with E-state index in [0.717, 1.165) is 16.7 Å². The van der Waals surface area contributed by atoms with Crippen LogP contribution in [0.1, 0.15) is 22.3 Å². The molecular weight excluding hydrogens is 410 g/mol. The molecule has 0 aliphatic carbocycles. The van der Waals surface area contributed by atoms with Gasteiger partial charge in [0.2, 0.25) is 5.65 Å². The van der Waals surface area contributed by atoms with Gasteiger partial charge >= 0.3 is 5.97 Å². The van der Waals surface area contributed by atoms with Gasteiger partial charge in [0.15, 0.2) is 6.10 Å². The monoisotopic (exact) mass is 431 g/mol. The van der Waals surface area contributed by atoms with E-state index in [1.165, 1.54) is 6.20 Å². The van der Waals surface area contributed by atoms with E-state index in [4.69, 9.17) is 5.11 Å². The van der Waals surface area contributed by atoms with Gasteiger partial charge in [-0.2, -0.15) is 10.3 Å². The number of amides is 1. The van der Waals surface area contributed by atoms with Crippen LogP contribution in [0.3, 0.4) is 0 Å². The van der Waals surface area contributed by atoms with Crippen LogP contribution in [0, 0.1) is 0 Å². The van der Waals surface area contributed by atoms with E-state index in [1.54, 1.807) is 6.07 Å². The van der Waals surface area contributed by atoms with Crippen molar-refractivity contribution < 1.29 is 19.8 Å². The van der Waals surface area contributed by atoms with Crippen LogP contribution in [0.4, 0.5) is 0 Å². The number of nitrogens with one attached hydrogen (secondary N) is 2. The summed E-state index contributed by atoms with van der Waals surface area (Å²) in [6.45, 7) is 0. The minimum Gasteiger partial charge on any atom is -0.479 e. The molecule has 0 saturated heterocycles. The highest BCUT2D eigenvalue weighted by Crippen LogP contribution is 2.20. The molecular formula is C23H21N5O4. The Bertz CT molecular complexity index is 1220. The number of aromatic amines is 1. The normalized spacial score (nSPS) is 12.9. The van der Waals surface area contributed by atoms with Gasteiger partial charge in [-0.05, 0) is 29.2 Å². The summed E-state index contributed by atoms with van der Waals surface area (Å²) >= 11 is 0. The van der Waals surface area contributed by atoms with E-state index in [2.05, 4.69) is 25.7 Å². The molecule has 0 unspecified atom stereocenters. The molecule has 2 heterocycles. The Kier molecular flexibility index (Phi) is 6.18. The number of benzene rings is 2. The van der Waals surface area contributed by atoms with Gasteiger partial charge in [0.25, 0.3) is 5.91 Å². The highest BCUT2D eigenvalue weighted by Gasteiger charge is 2.23. The summed E-state index contributed by atoms with van der Waals surface area (Å²) in [5.41, 5.74) is 4.13. The molecule has 1 amide bonds. The van der Waals surface area contributed by atoms with E-state index in [9.17, 15) is 14.7 Å². The largest absolute Gasteiger partial charge is 0.479 e. The van der Waals surface area contributed by atoms with Crippen molar-refractivity contribution in [2.45, 2.75) is 25.0 Å². The number of aliphatic hydroxyl groups is 1. The molecule has 4 N–H and O–H groups in total. The molecule has 32 heavy (non-hydrogen) atoms. The minimum atomic E-state index is -1.60. The maximum atomic E-state index is 12.8. The number of hydrogen-bond acceptors (Lipinski definition) is 6. The number of aromatic nitrogens is 4. The number of hydrogen-bond donors (Lipinski definition) is 4. The molecule has 0 aliphatic heterocycles. The highest BCUT2D eigenvalue weighted by atomic mass is 16.4. The Morgan fingerprint density at radius 3 is 2.44 bits per heavy atom. The molecule has 0 bridgehead atoms. The van der Waals surface area contributed by atoms with Gasteiger partial charge in [0, 0.05) is 18.7 Å². The summed E-state index contributed by atoms with van der Waals surface area (Å²) in [4.78, 5) is 28.0. The molecule has 2 aromatic heterocycles. The number of H-pyrrole nitrogens is 1. The molecule has 4 rings (SSSR count). The summed E-state index contributed by atoms with van der Waals surface area (Å²) in [6.07, 6.45) is -0.00845. The number of nitrogens with zero attached hydrogens (tertiary/aromatic N) is 3. The Hall–Kier alpha value is -4.11. The Morgan fingerprint density at radius 2 is 1.72 bits per heavy atom. The average molecular weight is 431 g/mol. The number of carbonyl (C=O) groups is 2. The van der Waals surface area contributed by atoms with E-state index in [-0.39, 0.29) is 12.0 Å². The van der Waals surface area contributed by atoms with Gasteiger partial charge in [-0.15, -0.1) is 5.10 Å². The molecule has 2 aromatic carbocycles. The van der Waals surface area contributed by atoms with Crippen LogP contribution in [0.2, 0.25) is 0 Å². The molecule has 0 fully saturated rings. The summed E-state index contributed by atoms with van der Waals surface area (Å²) in [7, 11) is 0. The smallest absolute Gasteiger partial charge is 0.332 e. The third-order valence-electron chi connectivity index (χ3n) is 5.11. The maximum Gasteiger partial charge on any atom is 0.332 e. The number of rotatable bonds is 8. The number of carboxylic acids is 1. The van der Waals surface area contributed by atoms with Crippen molar-refractivity contribution in [2.75, 3.05) is 0 Å². The molecule has 0 spiro atoms. The van der Waals surface area contributed by atoms with Gasteiger partial charge in [-0.1, -0.05) is 54.6 Å². The first-order valence-corrected chi connectivity index (χ1v) is 10.0. The number of carbonyl (C=O) groups excluding carboxylic acids is 1. The van der Waals surface area contributed by atoms with Gasteiger partial charge in [-0.25, -0.2) is 9.78 Å². The fourth-order valence-corrected chi connectivity index (χ4v) is 3.45. The number of carboxylic acid groups (broad SMARTS) is 1. The first-order chi connectivity index (χ1) is 15.5. The van der Waals surface area contributed by atoms with E-state index in [0.29, 0.717) is 17.6 Å². The fourth-order valence-electron chi connectivity index (χ4n) is 3.45. The number of aliphatic hydroxyl groups excluding tert-OH is 1. The van der Waals surface area contributed by atoms with Gasteiger partial charge < -0.3 is 15.5 Å². The molecule has 0 aliphatic rings. The van der Waals surface area contributed by atoms with Crippen LogP contribution in [0.25, 0.3) is 22.3 Å². The van der Waals surface area contributed by atoms with E-state index in [1.807, 2.05) is 54.6 Å². The SMILES string of the molecule is O=C(N[C@H](Cc1ccc(-c2ccccc2)cc1)C[C@H](O)C(=O)O)c1cnc2n[nH]nc2c1. The zero-order valence-electron chi connectivity index (χ0n) is 17.0. The third kappa shape index (κ3) is 4.96. The molecule has 9 heteroatoms. The molecule has 4 aromatic rings. The summed E-state index contributed by atoms with van der Waals surface area (Å²) in [5.74, 6) is -1.78. The fraction of sp³-hybridized carbons (Fsp3) is 0.174. The van der Waals surface area contributed by atoms with Crippen LogP contribution in [0.5, 0.6) is 0 Å². The van der Waals surface area contributed by atoms with Crippen molar-refractivity contribution in [1.82, 2.24) is 25.7 Å². The maximum absolute atomic E-state index is 12.8. The third-order valence-corrected chi connectivity index (χ3v) is 5.11. The van der Waals surface area contributed by atoms with Crippen molar-refractivity contribution in [3.05, 3.63) is 78.0 Å². The second-order valence-electron chi connectivity index (χ2n) is 7.42. The van der Waals surface area contributed by atoms with E-state index < -0.39 is 24.0 Å². The summed E-state index contributed by atoms with van der Waals surface area (Å²) in [6, 6.07) is 18.6. The van der Waals surface area contributed by atoms with Crippen LogP contribution in [-0.2, 0) is 11.2 Å². The topological polar surface area (TPSA) is 141 Å². The Morgan fingerprint density at radius 1 is 1.00 bits per heavy atom. The van der Waals surface area contributed by atoms with Crippen molar-refractivity contribution in [2.24, 2.45) is 0 Å². The van der Waals surface area contributed by atoms with Gasteiger partial charge in [0.05, 0.1) is 5.56 Å². The Balaban J connectivity index is 1.50. The van der Waals surface area contributed by atoms with Crippen LogP contribution in [-0.4, -0.2) is 54.6 Å². The summed E-state index contributed by atoms with van der Waals surface area (Å²) in [5, 5.41) is 32.0. The van der Waals surface area contributed by atoms with Crippen molar-refractivity contribution >= 4 is 23.0 Å². The number of aliphatic carboxylic acids is 1. The zero-order valence-corrected chi connectivity index (χ0v) is 17.0. The lowest BCUT2D eigenvalue weighted by Crippen LogP contribution is -2.40. The first-order valence-electron chi connectivity index (χ1n) is 10.0. The number of fused-ring (bicyclic) bond motifs is 1. The first kappa shape index (κ1) is 21.1. The second-order valence-corrected chi connectivity index (χ2v) is 7.42. The summed E-state index contributed by atoms with van der Waals surface area (Å²) < 4.78 is 0. The molecule has 0 saturated carbocycles. The van der Waals surface area contributed by atoms with Crippen molar-refractivity contribution in [1.29, 1.82) is 0 Å². The molecule has 0 radical (unpaired) electrons. The van der Waals surface area contributed by atoms with Crippen LogP contribution < -0.4 is 5.32 Å². The van der Waals surface area contributed by atoms with Crippen LogP contribution in [0.15, 0.2) is 66.9 Å². The lowest BCUT2D eigenvalue weighted by Gasteiger charge is -2.20. The second kappa shape index (κ2) is 9.36. The quantitative estimate of drug-likeness (QED) is 0.335. The lowest BCUT2D eigenvalue weighted by molar-refractivity contribution is -0.147. The van der Waals surface area contributed by atoms with Crippen molar-refractivity contribution in [3.63, 3.8) is 0 Å². The molecule has 2 atom stereocenters. The van der Waals surface area contributed by atoms with Gasteiger partial charge in [0.1, 0.15) is 5.52 Å². The number of pyridine rings is 1. The predicted molar refractivity (Wildman–Crippen MR) is 117 cm³/mol. The lowest BCUT2D eigenvalue weighted by atomic mass is 9.97. The van der Waals surface area contributed by atoms with Gasteiger partial charge in [-0.3, -0.25) is 4.79 Å². The zero-order chi connectivity index (χ0) is 22.5. The predicted octanol–water partition coefficient (Wildman–Crippen LogP) is 2.20.